The van der Waals surface area contributed by atoms with Gasteiger partial charge in [-0.3, -0.25) is 0 Å². The van der Waals surface area contributed by atoms with Crippen LogP contribution in [-0.4, -0.2) is 0 Å². The third kappa shape index (κ3) is 2.20. The molecular weight excluding hydrogens is 372 g/mol. The third-order valence-electron chi connectivity index (χ3n) is 4.70. The fourth-order valence-corrected chi connectivity index (χ4v) is 5.33. The molecule has 2 aliphatic carbocycles. The van der Waals surface area contributed by atoms with Crippen LogP contribution in [0.15, 0.2) is 38.8 Å². The first kappa shape index (κ1) is 15.8. The topological polar surface area (TPSA) is 97.4 Å². The van der Waals surface area contributed by atoms with E-state index in [2.05, 4.69) is 34.1 Å². The molecule has 1 aromatic heterocycles. The van der Waals surface area contributed by atoms with Crippen molar-refractivity contribution in [3.05, 3.63) is 43.7 Å². The molecule has 23 heavy (non-hydrogen) atoms. The molecule has 1 aromatic rings. The number of rotatable bonds is 1. The SMILES string of the molecule is N#CC1=C(N)C(C#N)(C#N)[C@H](c2ccc(Br)s2)[C@@H]2CCCC=C12. The predicted molar refractivity (Wildman–Crippen MR) is 90.7 cm³/mol. The molecule has 2 aliphatic rings. The van der Waals surface area contributed by atoms with Crippen LogP contribution < -0.4 is 5.73 Å². The van der Waals surface area contributed by atoms with E-state index in [9.17, 15) is 15.8 Å². The first-order chi connectivity index (χ1) is 11.1. The first-order valence-corrected chi connectivity index (χ1v) is 8.88. The van der Waals surface area contributed by atoms with Gasteiger partial charge in [0.1, 0.15) is 6.07 Å². The molecule has 0 saturated carbocycles. The number of nitrogens with two attached hydrogens (primary N) is 1. The zero-order valence-electron chi connectivity index (χ0n) is 12.2. The molecule has 0 amide bonds. The van der Waals surface area contributed by atoms with Gasteiger partial charge in [0.05, 0.1) is 27.2 Å². The number of allylic oxidation sites excluding steroid dienone is 4. The number of thiophene rings is 1. The molecule has 3 rings (SSSR count). The molecule has 6 heteroatoms. The molecule has 4 nitrogen and oxygen atoms in total. The molecule has 0 aliphatic heterocycles. The summed E-state index contributed by atoms with van der Waals surface area (Å²) in [6, 6.07) is 10.3. The standard InChI is InChI=1S/C17H13BrN4S/c18-14-6-5-13(23-14)15-11-4-2-1-3-10(11)12(7-19)16(22)17(15,8-20)9-21/h3,5-6,11,15H,1-2,4,22H2/t11-,15+/m1/s1. The number of nitrogens with zero attached hydrogens (tertiary/aromatic N) is 3. The maximum atomic E-state index is 9.83. The van der Waals surface area contributed by atoms with E-state index in [-0.39, 0.29) is 17.5 Å². The molecule has 0 spiro atoms. The number of fused-ring (bicyclic) bond motifs is 1. The summed E-state index contributed by atoms with van der Waals surface area (Å²) in [6.45, 7) is 0. The van der Waals surface area contributed by atoms with Crippen molar-refractivity contribution in [2.75, 3.05) is 0 Å². The lowest BCUT2D eigenvalue weighted by atomic mass is 9.58. The van der Waals surface area contributed by atoms with E-state index in [0.29, 0.717) is 5.57 Å². The Bertz CT molecular complexity index is 829. The van der Waals surface area contributed by atoms with E-state index in [4.69, 9.17) is 5.73 Å². The number of hydrogen-bond acceptors (Lipinski definition) is 5. The Hall–Kier alpha value is -2.07. The second kappa shape index (κ2) is 5.85. The summed E-state index contributed by atoms with van der Waals surface area (Å²) in [6.07, 6.45) is 4.80. The first-order valence-electron chi connectivity index (χ1n) is 7.27. The van der Waals surface area contributed by atoms with E-state index in [1.807, 2.05) is 18.2 Å². The van der Waals surface area contributed by atoms with Gasteiger partial charge >= 0.3 is 0 Å². The summed E-state index contributed by atoms with van der Waals surface area (Å²) >= 11 is 4.97. The Balaban J connectivity index is 2.33. The molecule has 0 unspecified atom stereocenters. The minimum atomic E-state index is -1.49. The van der Waals surface area contributed by atoms with Crippen molar-refractivity contribution in [3.63, 3.8) is 0 Å². The average Bonchev–Trinajstić information content (AvgIpc) is 3.00. The van der Waals surface area contributed by atoms with Crippen LogP contribution >= 0.6 is 27.3 Å². The van der Waals surface area contributed by atoms with Crippen LogP contribution in [0.25, 0.3) is 0 Å². The van der Waals surface area contributed by atoms with Crippen LogP contribution in [0.3, 0.4) is 0 Å². The molecule has 114 valence electrons. The van der Waals surface area contributed by atoms with E-state index >= 15 is 0 Å². The summed E-state index contributed by atoms with van der Waals surface area (Å²) in [5, 5.41) is 29.2. The van der Waals surface area contributed by atoms with Crippen LogP contribution in [-0.2, 0) is 0 Å². The minimum absolute atomic E-state index is 0.0180. The fraction of sp³-hybridized carbons (Fsp3) is 0.353. The van der Waals surface area contributed by atoms with E-state index < -0.39 is 5.41 Å². The predicted octanol–water partition coefficient (Wildman–Crippen LogP) is 4.10. The van der Waals surface area contributed by atoms with Crippen molar-refractivity contribution in [2.45, 2.75) is 25.2 Å². The Labute approximate surface area is 147 Å². The quantitative estimate of drug-likeness (QED) is 0.787. The van der Waals surface area contributed by atoms with Gasteiger partial charge in [0.25, 0.3) is 0 Å². The van der Waals surface area contributed by atoms with Gasteiger partial charge in [0.15, 0.2) is 5.41 Å². The zero-order chi connectivity index (χ0) is 16.6. The van der Waals surface area contributed by atoms with Crippen LogP contribution in [0.1, 0.15) is 30.1 Å². The van der Waals surface area contributed by atoms with Gasteiger partial charge in [-0.25, -0.2) is 0 Å². The highest BCUT2D eigenvalue weighted by Gasteiger charge is 2.54. The molecule has 1 heterocycles. The van der Waals surface area contributed by atoms with Crippen molar-refractivity contribution in [2.24, 2.45) is 17.1 Å². The van der Waals surface area contributed by atoms with Crippen molar-refractivity contribution >= 4 is 27.3 Å². The monoisotopic (exact) mass is 384 g/mol. The van der Waals surface area contributed by atoms with E-state index in [1.165, 1.54) is 11.3 Å². The van der Waals surface area contributed by atoms with Crippen LogP contribution in [0.4, 0.5) is 0 Å². The van der Waals surface area contributed by atoms with Crippen LogP contribution in [0.2, 0.25) is 0 Å². The highest BCUT2D eigenvalue weighted by molar-refractivity contribution is 9.11. The Morgan fingerprint density at radius 2 is 2.00 bits per heavy atom. The number of halogens is 1. The molecule has 2 atom stereocenters. The van der Waals surface area contributed by atoms with Crippen molar-refractivity contribution in [1.82, 2.24) is 0 Å². The van der Waals surface area contributed by atoms with E-state index in [1.54, 1.807) is 0 Å². The Morgan fingerprint density at radius 1 is 1.26 bits per heavy atom. The smallest absolute Gasteiger partial charge is 0.192 e. The highest BCUT2D eigenvalue weighted by Crippen LogP contribution is 2.56. The second-order valence-electron chi connectivity index (χ2n) is 5.75. The third-order valence-corrected chi connectivity index (χ3v) is 6.41. The summed E-state index contributed by atoms with van der Waals surface area (Å²) in [5.41, 5.74) is 6.04. The fourth-order valence-electron chi connectivity index (χ4n) is 3.67. The van der Waals surface area contributed by atoms with Gasteiger partial charge in [0.2, 0.25) is 0 Å². The largest absolute Gasteiger partial charge is 0.399 e. The second-order valence-corrected chi connectivity index (χ2v) is 8.24. The lowest BCUT2D eigenvalue weighted by Crippen LogP contribution is -2.42. The summed E-state index contributed by atoms with van der Waals surface area (Å²) in [4.78, 5) is 0.956. The molecule has 0 fully saturated rings. The minimum Gasteiger partial charge on any atom is -0.399 e. The zero-order valence-corrected chi connectivity index (χ0v) is 14.6. The van der Waals surface area contributed by atoms with E-state index in [0.717, 1.165) is 33.5 Å². The lowest BCUT2D eigenvalue weighted by Gasteiger charge is -2.42. The van der Waals surface area contributed by atoms with Gasteiger partial charge in [-0.2, -0.15) is 15.8 Å². The highest BCUT2D eigenvalue weighted by atomic mass is 79.9. The van der Waals surface area contributed by atoms with Crippen LogP contribution in [0, 0.1) is 45.3 Å². The summed E-state index contributed by atoms with van der Waals surface area (Å²) in [7, 11) is 0. The van der Waals surface area contributed by atoms with Crippen molar-refractivity contribution in [3.8, 4) is 18.2 Å². The number of hydrogen-bond donors (Lipinski definition) is 1. The lowest BCUT2D eigenvalue weighted by molar-refractivity contribution is 0.321. The normalized spacial score (nSPS) is 25.6. The van der Waals surface area contributed by atoms with Crippen LogP contribution in [0.5, 0.6) is 0 Å². The van der Waals surface area contributed by atoms with Gasteiger partial charge in [-0.1, -0.05) is 6.08 Å². The summed E-state index contributed by atoms with van der Waals surface area (Å²) in [5.74, 6) is -0.354. The summed E-state index contributed by atoms with van der Waals surface area (Å²) < 4.78 is 0.951. The molecule has 2 N–H and O–H groups in total. The molecular formula is C17H13BrN4S. The maximum Gasteiger partial charge on any atom is 0.192 e. The number of nitriles is 3. The maximum absolute atomic E-state index is 9.83. The van der Waals surface area contributed by atoms with Gasteiger partial charge in [-0.15, -0.1) is 11.3 Å². The van der Waals surface area contributed by atoms with Gasteiger partial charge in [-0.05, 0) is 58.8 Å². The molecule has 0 saturated heterocycles. The average molecular weight is 385 g/mol. The Kier molecular flexibility index (Phi) is 4.02. The molecule has 0 radical (unpaired) electrons. The molecule has 0 bridgehead atoms. The van der Waals surface area contributed by atoms with Crippen molar-refractivity contribution in [1.29, 1.82) is 15.8 Å². The molecule has 0 aromatic carbocycles. The van der Waals surface area contributed by atoms with Gasteiger partial charge < -0.3 is 5.73 Å². The Morgan fingerprint density at radius 3 is 2.57 bits per heavy atom. The van der Waals surface area contributed by atoms with Crippen molar-refractivity contribution < 1.29 is 0 Å². The van der Waals surface area contributed by atoms with Gasteiger partial charge in [0, 0.05) is 10.8 Å².